The lowest BCUT2D eigenvalue weighted by Crippen LogP contribution is -2.44. The highest BCUT2D eigenvalue weighted by atomic mass is 32.2. The van der Waals surface area contributed by atoms with Crippen molar-refractivity contribution in [2.75, 3.05) is 18.6 Å². The quantitative estimate of drug-likeness (QED) is 0.681. The van der Waals surface area contributed by atoms with Gasteiger partial charge in [0.1, 0.15) is 17.4 Å². The van der Waals surface area contributed by atoms with Gasteiger partial charge in [-0.25, -0.2) is 9.59 Å². The maximum absolute atomic E-state index is 12.3. The lowest BCUT2D eigenvalue weighted by Gasteiger charge is -2.19. The molecule has 0 aliphatic heterocycles. The Morgan fingerprint density at radius 2 is 2.00 bits per heavy atom. The van der Waals surface area contributed by atoms with Crippen LogP contribution in [-0.2, 0) is 22.4 Å². The first-order valence-electron chi connectivity index (χ1n) is 9.13. The number of carboxylic acids is 1. The number of fused-ring (bicyclic) bond motifs is 3. The predicted molar refractivity (Wildman–Crippen MR) is 107 cm³/mol. The number of carboxylic acid groups (broad SMARTS) is 1. The highest BCUT2D eigenvalue weighted by Crippen LogP contribution is 2.34. The van der Waals surface area contributed by atoms with Gasteiger partial charge in [0.05, 0.1) is 5.39 Å². The largest absolute Gasteiger partial charge is 0.483 e. The van der Waals surface area contributed by atoms with Gasteiger partial charge >= 0.3 is 11.6 Å². The van der Waals surface area contributed by atoms with Crippen LogP contribution in [0.3, 0.4) is 0 Å². The molecule has 1 aromatic carbocycles. The van der Waals surface area contributed by atoms with E-state index in [0.29, 0.717) is 23.3 Å². The summed E-state index contributed by atoms with van der Waals surface area (Å²) in [6.07, 6.45) is 5.14. The number of rotatable bonds is 7. The highest BCUT2D eigenvalue weighted by Gasteiger charge is 2.23. The van der Waals surface area contributed by atoms with Crippen LogP contribution in [0.5, 0.6) is 5.75 Å². The van der Waals surface area contributed by atoms with Crippen molar-refractivity contribution in [1.82, 2.24) is 5.32 Å². The summed E-state index contributed by atoms with van der Waals surface area (Å²) in [7, 11) is 0. The zero-order valence-corrected chi connectivity index (χ0v) is 16.7. The first-order chi connectivity index (χ1) is 13.4. The van der Waals surface area contributed by atoms with Crippen LogP contribution >= 0.6 is 11.8 Å². The lowest BCUT2D eigenvalue weighted by atomic mass is 9.90. The van der Waals surface area contributed by atoms with Crippen molar-refractivity contribution >= 4 is 34.6 Å². The molecule has 0 unspecified atom stereocenters. The molecule has 0 saturated heterocycles. The fourth-order valence-electron chi connectivity index (χ4n) is 3.50. The average molecular weight is 405 g/mol. The minimum Gasteiger partial charge on any atom is -0.483 e. The van der Waals surface area contributed by atoms with E-state index in [1.807, 2.05) is 6.92 Å². The molecule has 0 saturated carbocycles. The Kier molecular flexibility index (Phi) is 6.28. The molecular formula is C20H23NO6S. The summed E-state index contributed by atoms with van der Waals surface area (Å²) in [6.45, 7) is 1.54. The van der Waals surface area contributed by atoms with Gasteiger partial charge in [-0.15, -0.1) is 0 Å². The number of hydrogen-bond donors (Lipinski definition) is 2. The predicted octanol–water partition coefficient (Wildman–Crippen LogP) is 2.29. The van der Waals surface area contributed by atoms with Gasteiger partial charge in [-0.2, -0.15) is 11.8 Å². The molecule has 1 aliphatic carbocycles. The van der Waals surface area contributed by atoms with Crippen LogP contribution < -0.4 is 15.7 Å². The van der Waals surface area contributed by atoms with E-state index >= 15 is 0 Å². The maximum atomic E-state index is 12.3. The Bertz CT molecular complexity index is 967. The Balaban J connectivity index is 1.88. The second-order valence-corrected chi connectivity index (χ2v) is 7.80. The van der Waals surface area contributed by atoms with Gasteiger partial charge < -0.3 is 19.6 Å². The maximum Gasteiger partial charge on any atom is 0.339 e. The molecular weight excluding hydrogens is 382 g/mol. The van der Waals surface area contributed by atoms with Gasteiger partial charge in [0.2, 0.25) is 0 Å². The van der Waals surface area contributed by atoms with Crippen molar-refractivity contribution in [2.24, 2.45) is 0 Å². The number of benzene rings is 1. The molecule has 0 radical (unpaired) electrons. The number of carbonyl (C=O) groups is 2. The number of amides is 1. The third-order valence-electron chi connectivity index (χ3n) is 4.75. The number of hydrogen-bond acceptors (Lipinski definition) is 6. The Morgan fingerprint density at radius 1 is 1.29 bits per heavy atom. The second-order valence-electron chi connectivity index (χ2n) is 6.89. The van der Waals surface area contributed by atoms with Crippen LogP contribution in [0.15, 0.2) is 21.3 Å². The third-order valence-corrected chi connectivity index (χ3v) is 5.42. The van der Waals surface area contributed by atoms with Crippen molar-refractivity contribution < 1.29 is 23.8 Å². The monoisotopic (exact) mass is 405 g/mol. The number of ether oxygens (including phenoxy) is 1. The Labute approximate surface area is 166 Å². The average Bonchev–Trinajstić information content (AvgIpc) is 2.65. The molecule has 1 amide bonds. The number of aryl methyl sites for hydroxylation is 2. The van der Waals surface area contributed by atoms with Crippen LogP contribution in [-0.4, -0.2) is 41.6 Å². The molecule has 2 aromatic rings. The molecule has 8 heteroatoms. The molecule has 0 bridgehead atoms. The second kappa shape index (κ2) is 8.68. The summed E-state index contributed by atoms with van der Waals surface area (Å²) in [5.74, 6) is -0.849. The minimum absolute atomic E-state index is 0.271. The summed E-state index contributed by atoms with van der Waals surface area (Å²) in [5.41, 5.74) is 2.60. The van der Waals surface area contributed by atoms with Gasteiger partial charge in [0.25, 0.3) is 5.91 Å². The van der Waals surface area contributed by atoms with E-state index in [9.17, 15) is 14.4 Å². The fourth-order valence-corrected chi connectivity index (χ4v) is 4.06. The van der Waals surface area contributed by atoms with Gasteiger partial charge in [0, 0.05) is 11.3 Å². The summed E-state index contributed by atoms with van der Waals surface area (Å²) >= 11 is 1.34. The molecule has 150 valence electrons. The van der Waals surface area contributed by atoms with Gasteiger partial charge in [-0.1, -0.05) is 0 Å². The molecule has 1 heterocycles. The van der Waals surface area contributed by atoms with Gasteiger partial charge in [0.15, 0.2) is 6.61 Å². The first-order valence-corrected chi connectivity index (χ1v) is 10.5. The number of nitrogens with one attached hydrogen (secondary N) is 1. The Hall–Kier alpha value is -2.48. The summed E-state index contributed by atoms with van der Waals surface area (Å²) < 4.78 is 11.3. The van der Waals surface area contributed by atoms with Crippen LogP contribution in [0.4, 0.5) is 0 Å². The Morgan fingerprint density at radius 3 is 2.68 bits per heavy atom. The molecule has 28 heavy (non-hydrogen) atoms. The molecule has 2 N–H and O–H groups in total. The third kappa shape index (κ3) is 4.32. The minimum atomic E-state index is -1.08. The lowest BCUT2D eigenvalue weighted by molar-refractivity contribution is -0.141. The van der Waals surface area contributed by atoms with Crippen molar-refractivity contribution in [2.45, 2.75) is 38.6 Å². The molecule has 0 spiro atoms. The van der Waals surface area contributed by atoms with Crippen LogP contribution in [0.2, 0.25) is 0 Å². The topological polar surface area (TPSA) is 106 Å². The zero-order valence-electron chi connectivity index (χ0n) is 15.9. The van der Waals surface area contributed by atoms with Crippen molar-refractivity contribution in [3.05, 3.63) is 39.2 Å². The van der Waals surface area contributed by atoms with Crippen LogP contribution in [0.1, 0.15) is 29.5 Å². The molecule has 7 nitrogen and oxygen atoms in total. The molecule has 3 rings (SSSR count). The van der Waals surface area contributed by atoms with Gasteiger partial charge in [-0.3, -0.25) is 4.79 Å². The number of aliphatic carboxylic acids is 1. The standard InChI is InChI=1S/C20H23NO6S/c1-11-7-15(26-9-17(22)21-14(10-28-2)19(23)24)18-12-5-3-4-6-13(12)20(25)27-16(18)8-11/h7-8,14H,3-6,9-10H2,1-2H3,(H,21,22)(H,23,24)/t14-/m0/s1. The van der Waals surface area contributed by atoms with E-state index in [0.717, 1.165) is 35.8 Å². The number of carbonyl (C=O) groups excluding carboxylic acids is 1. The van der Waals surface area contributed by atoms with Crippen molar-refractivity contribution in [3.63, 3.8) is 0 Å². The fraction of sp³-hybridized carbons (Fsp3) is 0.450. The van der Waals surface area contributed by atoms with Gasteiger partial charge in [-0.05, 0) is 62.1 Å². The molecule has 1 aliphatic rings. The molecule has 1 atom stereocenters. The first kappa shape index (κ1) is 20.3. The summed E-state index contributed by atoms with van der Waals surface area (Å²) in [6, 6.07) is 2.63. The highest BCUT2D eigenvalue weighted by molar-refractivity contribution is 7.98. The van der Waals surface area contributed by atoms with E-state index in [2.05, 4.69) is 5.32 Å². The van der Waals surface area contributed by atoms with E-state index in [1.54, 1.807) is 18.4 Å². The normalized spacial score (nSPS) is 14.4. The van der Waals surface area contributed by atoms with E-state index in [4.69, 9.17) is 14.3 Å². The number of thioether (sulfide) groups is 1. The van der Waals surface area contributed by atoms with Crippen molar-refractivity contribution in [1.29, 1.82) is 0 Å². The molecule has 0 fully saturated rings. The molecule has 1 aromatic heterocycles. The van der Waals surface area contributed by atoms with E-state index in [1.165, 1.54) is 11.8 Å². The van der Waals surface area contributed by atoms with Crippen LogP contribution in [0.25, 0.3) is 11.0 Å². The van der Waals surface area contributed by atoms with Crippen molar-refractivity contribution in [3.8, 4) is 5.75 Å². The van der Waals surface area contributed by atoms with E-state index in [-0.39, 0.29) is 18.0 Å². The van der Waals surface area contributed by atoms with E-state index < -0.39 is 17.9 Å². The summed E-state index contributed by atoms with van der Waals surface area (Å²) in [4.78, 5) is 35.7. The SMILES string of the molecule is CSC[C@H](NC(=O)COc1cc(C)cc2oc(=O)c3c(c12)CCCC3)C(=O)O. The smallest absolute Gasteiger partial charge is 0.339 e. The zero-order chi connectivity index (χ0) is 20.3. The summed E-state index contributed by atoms with van der Waals surface area (Å²) in [5, 5.41) is 12.4. The van der Waals surface area contributed by atoms with Crippen LogP contribution in [0, 0.1) is 6.92 Å².